The van der Waals surface area contributed by atoms with Gasteiger partial charge >= 0.3 is 0 Å². The Labute approximate surface area is 124 Å². The van der Waals surface area contributed by atoms with Crippen molar-refractivity contribution < 1.29 is 9.15 Å². The zero-order valence-corrected chi connectivity index (χ0v) is 12.8. The molecule has 0 saturated heterocycles. The zero-order valence-electron chi connectivity index (χ0n) is 12.1. The van der Waals surface area contributed by atoms with E-state index >= 15 is 0 Å². The van der Waals surface area contributed by atoms with Crippen LogP contribution in [0, 0.1) is 6.92 Å². The summed E-state index contributed by atoms with van der Waals surface area (Å²) in [5.74, 6) is 2.77. The molecule has 0 saturated carbocycles. The normalized spacial score (nSPS) is 12.4. The number of hydrogen-bond acceptors (Lipinski definition) is 3. The minimum atomic E-state index is 0.313. The molecule has 0 spiro atoms. The Morgan fingerprint density at radius 1 is 1.35 bits per heavy atom. The van der Waals surface area contributed by atoms with Gasteiger partial charge in [0, 0.05) is 10.9 Å². The van der Waals surface area contributed by atoms with Gasteiger partial charge in [0.2, 0.25) is 0 Å². The highest BCUT2D eigenvalue weighted by atomic mass is 35.5. The summed E-state index contributed by atoms with van der Waals surface area (Å²) in [7, 11) is 1.63. The van der Waals surface area contributed by atoms with E-state index in [9.17, 15) is 0 Å². The summed E-state index contributed by atoms with van der Waals surface area (Å²) in [5.41, 5.74) is 7.50. The standard InChI is InChI=1S/C16H20ClNO2/c1-10(6-7-18)14-4-5-15(20-14)12-8-11(2)13(17)9-16(12)19-3/h4-5,8-10H,6-7,18H2,1-3H3. The van der Waals surface area contributed by atoms with Crippen molar-refractivity contribution in [2.45, 2.75) is 26.2 Å². The van der Waals surface area contributed by atoms with E-state index in [1.54, 1.807) is 7.11 Å². The molecule has 2 N–H and O–H groups in total. The Hall–Kier alpha value is -1.45. The fraction of sp³-hybridized carbons (Fsp3) is 0.375. The van der Waals surface area contributed by atoms with Gasteiger partial charge in [0.1, 0.15) is 17.3 Å². The maximum atomic E-state index is 6.12. The van der Waals surface area contributed by atoms with Crippen LogP contribution >= 0.6 is 11.6 Å². The molecule has 1 aromatic carbocycles. The maximum Gasteiger partial charge on any atom is 0.138 e. The quantitative estimate of drug-likeness (QED) is 0.890. The highest BCUT2D eigenvalue weighted by molar-refractivity contribution is 6.31. The number of nitrogens with two attached hydrogens (primary N) is 1. The van der Waals surface area contributed by atoms with Gasteiger partial charge in [0.05, 0.1) is 12.7 Å². The molecule has 1 heterocycles. The van der Waals surface area contributed by atoms with Crippen LogP contribution in [0.1, 0.15) is 30.6 Å². The Bertz CT molecular complexity index is 592. The van der Waals surface area contributed by atoms with Crippen molar-refractivity contribution in [3.8, 4) is 17.1 Å². The van der Waals surface area contributed by atoms with Gasteiger partial charge in [-0.3, -0.25) is 0 Å². The summed E-state index contributed by atoms with van der Waals surface area (Å²) in [4.78, 5) is 0. The Morgan fingerprint density at radius 3 is 2.75 bits per heavy atom. The lowest BCUT2D eigenvalue weighted by molar-refractivity contribution is 0.413. The summed E-state index contributed by atoms with van der Waals surface area (Å²) >= 11 is 6.12. The molecule has 1 aromatic heterocycles. The van der Waals surface area contributed by atoms with Gasteiger partial charge in [-0.05, 0) is 49.7 Å². The second-order valence-corrected chi connectivity index (χ2v) is 5.39. The van der Waals surface area contributed by atoms with E-state index < -0.39 is 0 Å². The van der Waals surface area contributed by atoms with E-state index in [-0.39, 0.29) is 0 Å². The molecule has 0 radical (unpaired) electrons. The van der Waals surface area contributed by atoms with Crippen LogP contribution in [0.3, 0.4) is 0 Å². The smallest absolute Gasteiger partial charge is 0.138 e. The monoisotopic (exact) mass is 293 g/mol. The fourth-order valence-corrected chi connectivity index (χ4v) is 2.33. The molecule has 1 atom stereocenters. The molecule has 0 aliphatic carbocycles. The average Bonchev–Trinajstić information content (AvgIpc) is 2.91. The first-order valence-corrected chi connectivity index (χ1v) is 7.09. The minimum absolute atomic E-state index is 0.313. The van der Waals surface area contributed by atoms with E-state index in [0.29, 0.717) is 23.2 Å². The summed E-state index contributed by atoms with van der Waals surface area (Å²) in [6.07, 6.45) is 0.906. The lowest BCUT2D eigenvalue weighted by Gasteiger charge is -2.10. The Balaban J connectivity index is 2.39. The number of aryl methyl sites for hydroxylation is 1. The highest BCUT2D eigenvalue weighted by Crippen LogP contribution is 2.36. The van der Waals surface area contributed by atoms with E-state index in [4.69, 9.17) is 26.5 Å². The molecule has 20 heavy (non-hydrogen) atoms. The SMILES string of the molecule is COc1cc(Cl)c(C)cc1-c1ccc(C(C)CCN)o1. The molecule has 1 unspecified atom stereocenters. The Morgan fingerprint density at radius 2 is 2.10 bits per heavy atom. The van der Waals surface area contributed by atoms with Crippen molar-refractivity contribution in [3.63, 3.8) is 0 Å². The number of halogens is 1. The van der Waals surface area contributed by atoms with E-state index in [1.807, 2.05) is 31.2 Å². The lowest BCUT2D eigenvalue weighted by atomic mass is 10.1. The molecule has 3 nitrogen and oxygen atoms in total. The van der Waals surface area contributed by atoms with Gasteiger partial charge in [0.25, 0.3) is 0 Å². The largest absolute Gasteiger partial charge is 0.496 e. The van der Waals surface area contributed by atoms with E-state index in [2.05, 4.69) is 6.92 Å². The highest BCUT2D eigenvalue weighted by Gasteiger charge is 2.15. The molecular weight excluding hydrogens is 274 g/mol. The first kappa shape index (κ1) is 14.9. The van der Waals surface area contributed by atoms with Crippen LogP contribution in [0.25, 0.3) is 11.3 Å². The van der Waals surface area contributed by atoms with Crippen molar-refractivity contribution in [1.29, 1.82) is 0 Å². The summed E-state index contributed by atoms with van der Waals surface area (Å²) in [6, 6.07) is 7.77. The molecule has 4 heteroatoms. The Kier molecular flexibility index (Phi) is 4.73. The van der Waals surface area contributed by atoms with Crippen LogP contribution in [0.4, 0.5) is 0 Å². The van der Waals surface area contributed by atoms with Crippen molar-refractivity contribution in [2.75, 3.05) is 13.7 Å². The number of benzene rings is 1. The topological polar surface area (TPSA) is 48.4 Å². The summed E-state index contributed by atoms with van der Waals surface area (Å²) < 4.78 is 11.3. The number of hydrogen-bond donors (Lipinski definition) is 1. The van der Waals surface area contributed by atoms with Crippen LogP contribution in [0.5, 0.6) is 5.75 Å². The minimum Gasteiger partial charge on any atom is -0.496 e. The third-order valence-corrected chi connectivity index (χ3v) is 3.87. The van der Waals surface area contributed by atoms with Crippen molar-refractivity contribution in [2.24, 2.45) is 5.73 Å². The predicted molar refractivity (Wildman–Crippen MR) is 82.5 cm³/mol. The van der Waals surface area contributed by atoms with Crippen LogP contribution in [0.15, 0.2) is 28.7 Å². The van der Waals surface area contributed by atoms with Gasteiger partial charge in [-0.15, -0.1) is 0 Å². The van der Waals surface area contributed by atoms with Crippen LogP contribution in [-0.4, -0.2) is 13.7 Å². The predicted octanol–water partition coefficient (Wildman–Crippen LogP) is 4.37. The fourth-order valence-electron chi connectivity index (χ4n) is 2.18. The molecule has 2 aromatic rings. The molecule has 0 aliphatic heterocycles. The van der Waals surface area contributed by atoms with Gasteiger partial charge in [-0.2, -0.15) is 0 Å². The van der Waals surface area contributed by atoms with Crippen LogP contribution in [0.2, 0.25) is 5.02 Å². The first-order chi connectivity index (χ1) is 9.56. The first-order valence-electron chi connectivity index (χ1n) is 6.71. The number of rotatable bonds is 5. The number of ether oxygens (including phenoxy) is 1. The molecule has 108 valence electrons. The molecule has 0 bridgehead atoms. The van der Waals surface area contributed by atoms with Crippen molar-refractivity contribution >= 4 is 11.6 Å². The van der Waals surface area contributed by atoms with Crippen molar-refractivity contribution in [1.82, 2.24) is 0 Å². The summed E-state index contributed by atoms with van der Waals surface area (Å²) in [5, 5.41) is 0.689. The maximum absolute atomic E-state index is 6.12. The van der Waals surface area contributed by atoms with Gasteiger partial charge < -0.3 is 14.9 Å². The third-order valence-electron chi connectivity index (χ3n) is 3.46. The second-order valence-electron chi connectivity index (χ2n) is 4.98. The lowest BCUT2D eigenvalue weighted by Crippen LogP contribution is -2.03. The van der Waals surface area contributed by atoms with Gasteiger partial charge in [-0.1, -0.05) is 18.5 Å². The molecule has 2 rings (SSSR count). The van der Waals surface area contributed by atoms with Crippen LogP contribution in [-0.2, 0) is 0 Å². The van der Waals surface area contributed by atoms with Crippen molar-refractivity contribution in [3.05, 3.63) is 40.6 Å². The zero-order chi connectivity index (χ0) is 14.7. The molecule has 0 fully saturated rings. The summed E-state index contributed by atoms with van der Waals surface area (Å²) in [6.45, 7) is 4.73. The van der Waals surface area contributed by atoms with Gasteiger partial charge in [0.15, 0.2) is 0 Å². The van der Waals surface area contributed by atoms with E-state index in [0.717, 1.165) is 29.1 Å². The van der Waals surface area contributed by atoms with E-state index in [1.165, 1.54) is 0 Å². The second kappa shape index (κ2) is 6.33. The average molecular weight is 294 g/mol. The third kappa shape index (κ3) is 3.00. The molecule has 0 amide bonds. The molecule has 0 aliphatic rings. The van der Waals surface area contributed by atoms with Gasteiger partial charge in [-0.25, -0.2) is 0 Å². The number of methoxy groups -OCH3 is 1. The molecular formula is C16H20ClNO2. The van der Waals surface area contributed by atoms with Crippen LogP contribution < -0.4 is 10.5 Å². The number of furan rings is 1.